The first-order valence-electron chi connectivity index (χ1n) is 6.99. The van der Waals surface area contributed by atoms with Crippen LogP contribution in [0, 0.1) is 0 Å². The van der Waals surface area contributed by atoms with E-state index in [4.69, 9.17) is 0 Å². The minimum absolute atomic E-state index is 0.982. The minimum atomic E-state index is 0.982. The molecule has 0 aliphatic heterocycles. The molecule has 2 heteroatoms. The highest BCUT2D eigenvalue weighted by Gasteiger charge is 2.06. The van der Waals surface area contributed by atoms with E-state index in [1.165, 1.54) is 22.0 Å². The van der Waals surface area contributed by atoms with Crippen LogP contribution in [0.4, 0.5) is 0 Å². The standard InChI is InChI=1S/C18H19N2/c1-3-20-14-19(2)13-17(20)12-11-16-9-6-8-15-7-4-5-10-18(15)16/h4-14H,3H2,1-2H3/q+1/b12-11-. The topological polar surface area (TPSA) is 8.81 Å². The molecule has 0 spiro atoms. The number of aryl methyl sites for hydroxylation is 2. The molecule has 2 nitrogen and oxygen atoms in total. The summed E-state index contributed by atoms with van der Waals surface area (Å²) in [5.74, 6) is 0. The molecule has 0 radical (unpaired) electrons. The fourth-order valence-electron chi connectivity index (χ4n) is 2.58. The molecule has 0 saturated carbocycles. The van der Waals surface area contributed by atoms with Crippen molar-refractivity contribution < 1.29 is 4.57 Å². The summed E-state index contributed by atoms with van der Waals surface area (Å²) in [4.78, 5) is 0. The van der Waals surface area contributed by atoms with Crippen LogP contribution in [0.2, 0.25) is 0 Å². The molecule has 0 bridgehead atoms. The van der Waals surface area contributed by atoms with Crippen molar-refractivity contribution in [1.29, 1.82) is 0 Å². The Morgan fingerprint density at radius 3 is 2.70 bits per heavy atom. The van der Waals surface area contributed by atoms with Crippen LogP contribution in [0.1, 0.15) is 18.2 Å². The SMILES string of the molecule is CCn1c[n+](C)cc1/C=C\c1cccc2ccccc12. The summed E-state index contributed by atoms with van der Waals surface area (Å²) in [7, 11) is 2.06. The van der Waals surface area contributed by atoms with Crippen LogP contribution in [-0.4, -0.2) is 4.57 Å². The number of fused-ring (bicyclic) bond motifs is 1. The van der Waals surface area contributed by atoms with E-state index in [0.29, 0.717) is 0 Å². The number of hydrogen-bond donors (Lipinski definition) is 0. The van der Waals surface area contributed by atoms with Crippen molar-refractivity contribution in [2.24, 2.45) is 7.05 Å². The number of rotatable bonds is 3. The van der Waals surface area contributed by atoms with Gasteiger partial charge in [0.1, 0.15) is 6.20 Å². The van der Waals surface area contributed by atoms with Gasteiger partial charge < -0.3 is 0 Å². The predicted molar refractivity (Wildman–Crippen MR) is 84.2 cm³/mol. The smallest absolute Gasteiger partial charge is 0.239 e. The Hall–Kier alpha value is -2.35. The molecule has 0 unspecified atom stereocenters. The number of hydrogen-bond acceptors (Lipinski definition) is 0. The van der Waals surface area contributed by atoms with E-state index < -0.39 is 0 Å². The van der Waals surface area contributed by atoms with Crippen LogP contribution in [0.15, 0.2) is 55.0 Å². The third-order valence-corrected chi connectivity index (χ3v) is 3.59. The van der Waals surface area contributed by atoms with Gasteiger partial charge in [0.15, 0.2) is 5.69 Å². The Bertz CT molecular complexity index is 761. The Morgan fingerprint density at radius 2 is 1.85 bits per heavy atom. The van der Waals surface area contributed by atoms with E-state index in [9.17, 15) is 0 Å². The molecule has 100 valence electrons. The van der Waals surface area contributed by atoms with E-state index in [0.717, 1.165) is 6.54 Å². The molecule has 0 aliphatic rings. The van der Waals surface area contributed by atoms with Crippen LogP contribution < -0.4 is 4.57 Å². The van der Waals surface area contributed by atoms with Crippen molar-refractivity contribution in [1.82, 2.24) is 4.57 Å². The van der Waals surface area contributed by atoms with Crippen molar-refractivity contribution in [2.45, 2.75) is 13.5 Å². The van der Waals surface area contributed by atoms with Gasteiger partial charge >= 0.3 is 0 Å². The maximum atomic E-state index is 2.24. The molecule has 0 saturated heterocycles. The van der Waals surface area contributed by atoms with E-state index in [1.54, 1.807) is 0 Å². The lowest BCUT2D eigenvalue weighted by atomic mass is 10.0. The molecule has 3 aromatic rings. The third-order valence-electron chi connectivity index (χ3n) is 3.59. The summed E-state index contributed by atoms with van der Waals surface area (Å²) in [5.41, 5.74) is 2.48. The zero-order valence-electron chi connectivity index (χ0n) is 12.0. The average Bonchev–Trinajstić information content (AvgIpc) is 2.85. The van der Waals surface area contributed by atoms with Crippen molar-refractivity contribution in [3.63, 3.8) is 0 Å². The average molecular weight is 263 g/mol. The highest BCUT2D eigenvalue weighted by Crippen LogP contribution is 2.20. The summed E-state index contributed by atoms with van der Waals surface area (Å²) in [5, 5.41) is 2.58. The van der Waals surface area contributed by atoms with Gasteiger partial charge in [0.2, 0.25) is 6.33 Å². The maximum absolute atomic E-state index is 2.24. The number of benzene rings is 2. The van der Waals surface area contributed by atoms with E-state index in [-0.39, 0.29) is 0 Å². The number of aromatic nitrogens is 2. The lowest BCUT2D eigenvalue weighted by Gasteiger charge is -2.01. The Labute approximate surface area is 119 Å². The molecule has 20 heavy (non-hydrogen) atoms. The highest BCUT2D eigenvalue weighted by molar-refractivity contribution is 5.92. The predicted octanol–water partition coefficient (Wildman–Crippen LogP) is 3.66. The van der Waals surface area contributed by atoms with E-state index in [2.05, 4.69) is 90.2 Å². The second-order valence-electron chi connectivity index (χ2n) is 5.02. The van der Waals surface area contributed by atoms with Gasteiger partial charge in [0.25, 0.3) is 0 Å². The summed E-state index contributed by atoms with van der Waals surface area (Å²) in [6.07, 6.45) is 8.64. The Morgan fingerprint density at radius 1 is 1.05 bits per heavy atom. The second kappa shape index (κ2) is 5.33. The fourth-order valence-corrected chi connectivity index (χ4v) is 2.58. The van der Waals surface area contributed by atoms with E-state index >= 15 is 0 Å². The van der Waals surface area contributed by atoms with E-state index in [1.807, 2.05) is 0 Å². The van der Waals surface area contributed by atoms with Gasteiger partial charge in [0, 0.05) is 0 Å². The van der Waals surface area contributed by atoms with Crippen molar-refractivity contribution >= 4 is 22.9 Å². The molecule has 0 aliphatic carbocycles. The Kier molecular flexibility index (Phi) is 3.38. The quantitative estimate of drug-likeness (QED) is 0.638. The molecule has 0 N–H and O–H groups in total. The number of nitrogens with zero attached hydrogens (tertiary/aromatic N) is 2. The number of imidazole rings is 1. The van der Waals surface area contributed by atoms with Crippen LogP contribution >= 0.6 is 0 Å². The third kappa shape index (κ3) is 2.37. The minimum Gasteiger partial charge on any atom is -0.239 e. The van der Waals surface area contributed by atoms with Crippen LogP contribution in [0.3, 0.4) is 0 Å². The molecular weight excluding hydrogens is 244 g/mol. The van der Waals surface area contributed by atoms with Crippen LogP contribution in [0.25, 0.3) is 22.9 Å². The molecule has 3 rings (SSSR count). The zero-order valence-corrected chi connectivity index (χ0v) is 12.0. The molecular formula is C18H19N2+. The zero-order chi connectivity index (χ0) is 13.9. The fraction of sp³-hybridized carbons (Fsp3) is 0.167. The van der Waals surface area contributed by atoms with Crippen molar-refractivity contribution in [3.8, 4) is 0 Å². The second-order valence-corrected chi connectivity index (χ2v) is 5.02. The monoisotopic (exact) mass is 263 g/mol. The largest absolute Gasteiger partial charge is 0.244 e. The van der Waals surface area contributed by atoms with Crippen LogP contribution in [-0.2, 0) is 13.6 Å². The van der Waals surface area contributed by atoms with Gasteiger partial charge in [0.05, 0.1) is 13.6 Å². The summed E-state index contributed by atoms with van der Waals surface area (Å²) >= 11 is 0. The van der Waals surface area contributed by atoms with Crippen molar-refractivity contribution in [3.05, 3.63) is 66.2 Å². The first-order valence-corrected chi connectivity index (χ1v) is 6.99. The lowest BCUT2D eigenvalue weighted by Crippen LogP contribution is -2.23. The van der Waals surface area contributed by atoms with Gasteiger partial charge in [-0.05, 0) is 29.3 Å². The molecule has 0 fully saturated rings. The van der Waals surface area contributed by atoms with Crippen LogP contribution in [0.5, 0.6) is 0 Å². The van der Waals surface area contributed by atoms with Gasteiger partial charge in [-0.2, -0.15) is 0 Å². The summed E-state index contributed by atoms with van der Waals surface area (Å²) in [6.45, 7) is 3.14. The summed E-state index contributed by atoms with van der Waals surface area (Å²) < 4.78 is 4.33. The van der Waals surface area contributed by atoms with Gasteiger partial charge in [-0.25, -0.2) is 9.13 Å². The Balaban J connectivity index is 2.02. The molecule has 1 aromatic heterocycles. The normalized spacial score (nSPS) is 11.5. The molecule has 1 heterocycles. The lowest BCUT2D eigenvalue weighted by molar-refractivity contribution is -0.671. The molecule has 0 atom stereocenters. The summed E-state index contributed by atoms with van der Waals surface area (Å²) in [6, 6.07) is 14.9. The van der Waals surface area contributed by atoms with Gasteiger partial charge in [-0.15, -0.1) is 0 Å². The highest BCUT2D eigenvalue weighted by atomic mass is 15.1. The van der Waals surface area contributed by atoms with Crippen molar-refractivity contribution in [2.75, 3.05) is 0 Å². The first kappa shape index (κ1) is 12.7. The van der Waals surface area contributed by atoms with Gasteiger partial charge in [-0.3, -0.25) is 0 Å². The van der Waals surface area contributed by atoms with Gasteiger partial charge in [-0.1, -0.05) is 48.5 Å². The first-order chi connectivity index (χ1) is 9.78. The molecule has 2 aromatic carbocycles. The molecule has 0 amide bonds. The maximum Gasteiger partial charge on any atom is 0.244 e.